The van der Waals surface area contributed by atoms with Crippen LogP contribution in [-0.4, -0.2) is 15.8 Å². The van der Waals surface area contributed by atoms with Crippen LogP contribution in [0.25, 0.3) is 11.1 Å². The number of nitro groups is 1. The molecule has 0 radical (unpaired) electrons. The minimum Gasteiger partial charge on any atom is -0.441 e. The molecular formula is C15H10ClN3O4. The van der Waals surface area contributed by atoms with Crippen molar-refractivity contribution < 1.29 is 14.1 Å². The Morgan fingerprint density at radius 2 is 2.09 bits per heavy atom. The summed E-state index contributed by atoms with van der Waals surface area (Å²) < 4.78 is 5.36. The maximum absolute atomic E-state index is 12.2. The van der Waals surface area contributed by atoms with Crippen LogP contribution in [0.3, 0.4) is 0 Å². The van der Waals surface area contributed by atoms with Gasteiger partial charge in [0.25, 0.3) is 11.6 Å². The average Bonchev–Trinajstić information content (AvgIpc) is 2.86. The molecule has 0 spiro atoms. The number of nitrogens with one attached hydrogen (secondary N) is 1. The Morgan fingerprint density at radius 3 is 2.78 bits per heavy atom. The number of nitrogens with zero attached hydrogens (tertiary/aromatic N) is 2. The zero-order chi connectivity index (χ0) is 16.6. The second-order valence-corrected chi connectivity index (χ2v) is 5.20. The van der Waals surface area contributed by atoms with Crippen molar-refractivity contribution in [1.82, 2.24) is 4.98 Å². The molecule has 0 unspecified atom stereocenters. The van der Waals surface area contributed by atoms with Gasteiger partial charge in [0.15, 0.2) is 11.5 Å². The molecule has 0 saturated carbocycles. The lowest BCUT2D eigenvalue weighted by Crippen LogP contribution is -2.12. The number of aryl methyl sites for hydroxylation is 1. The van der Waals surface area contributed by atoms with E-state index in [1.54, 1.807) is 25.1 Å². The van der Waals surface area contributed by atoms with Crippen LogP contribution in [0.5, 0.6) is 0 Å². The Labute approximate surface area is 135 Å². The molecule has 2 aromatic carbocycles. The second-order valence-electron chi connectivity index (χ2n) is 4.79. The molecule has 1 heterocycles. The van der Waals surface area contributed by atoms with Crippen molar-refractivity contribution in [1.29, 1.82) is 0 Å². The predicted octanol–water partition coefficient (Wildman–Crippen LogP) is 3.95. The van der Waals surface area contributed by atoms with E-state index >= 15 is 0 Å². The third kappa shape index (κ3) is 3.00. The van der Waals surface area contributed by atoms with Gasteiger partial charge in [0.2, 0.25) is 0 Å². The number of benzene rings is 2. The standard InChI is InChI=1S/C15H10ClN3O4/c1-8-17-13-6-9(2-5-14(13)23-8)18-15(20)11-4-3-10(19(21)22)7-12(11)16/h2-7H,1H3,(H,18,20). The van der Waals surface area contributed by atoms with E-state index < -0.39 is 10.8 Å². The quantitative estimate of drug-likeness (QED) is 0.578. The third-order valence-corrected chi connectivity index (χ3v) is 3.47. The van der Waals surface area contributed by atoms with E-state index in [4.69, 9.17) is 16.0 Å². The number of carbonyl (C=O) groups is 1. The number of non-ortho nitro benzene ring substituents is 1. The topological polar surface area (TPSA) is 98.3 Å². The summed E-state index contributed by atoms with van der Waals surface area (Å²) >= 11 is 5.94. The minimum absolute atomic E-state index is 0.00931. The van der Waals surface area contributed by atoms with Gasteiger partial charge in [0, 0.05) is 24.7 Å². The second kappa shape index (κ2) is 5.69. The molecule has 0 aliphatic rings. The first kappa shape index (κ1) is 15.0. The Balaban J connectivity index is 1.86. The molecule has 1 amide bonds. The van der Waals surface area contributed by atoms with Gasteiger partial charge in [-0.25, -0.2) is 4.98 Å². The fourth-order valence-corrected chi connectivity index (χ4v) is 2.38. The minimum atomic E-state index is -0.575. The lowest BCUT2D eigenvalue weighted by atomic mass is 10.2. The SMILES string of the molecule is Cc1nc2cc(NC(=O)c3ccc([N+](=O)[O-])cc3Cl)ccc2o1. The van der Waals surface area contributed by atoms with E-state index in [1.807, 2.05) is 0 Å². The first-order valence-corrected chi connectivity index (χ1v) is 6.94. The Bertz CT molecular complexity index is 936. The lowest BCUT2D eigenvalue weighted by molar-refractivity contribution is -0.384. The molecule has 0 fully saturated rings. The Morgan fingerprint density at radius 1 is 1.30 bits per heavy atom. The Hall–Kier alpha value is -2.93. The number of hydrogen-bond donors (Lipinski definition) is 1. The molecule has 23 heavy (non-hydrogen) atoms. The number of nitro benzene ring substituents is 1. The Kier molecular flexibility index (Phi) is 3.71. The van der Waals surface area contributed by atoms with E-state index in [0.717, 1.165) is 6.07 Å². The van der Waals surface area contributed by atoms with Crippen LogP contribution in [0.15, 0.2) is 40.8 Å². The van der Waals surface area contributed by atoms with Gasteiger partial charge in [-0.1, -0.05) is 11.6 Å². The van der Waals surface area contributed by atoms with Gasteiger partial charge in [0.1, 0.15) is 5.52 Å². The number of anilines is 1. The molecule has 0 atom stereocenters. The van der Waals surface area contributed by atoms with E-state index in [1.165, 1.54) is 12.1 Å². The zero-order valence-electron chi connectivity index (χ0n) is 11.9. The maximum atomic E-state index is 12.2. The molecule has 116 valence electrons. The van der Waals surface area contributed by atoms with Crippen molar-refractivity contribution >= 4 is 40.0 Å². The highest BCUT2D eigenvalue weighted by atomic mass is 35.5. The summed E-state index contributed by atoms with van der Waals surface area (Å²) in [4.78, 5) is 26.5. The van der Waals surface area contributed by atoms with Crippen LogP contribution in [0, 0.1) is 17.0 Å². The van der Waals surface area contributed by atoms with Crippen molar-refractivity contribution in [2.24, 2.45) is 0 Å². The van der Waals surface area contributed by atoms with E-state index in [2.05, 4.69) is 10.3 Å². The molecule has 0 saturated heterocycles. The highest BCUT2D eigenvalue weighted by Crippen LogP contribution is 2.24. The molecule has 1 N–H and O–H groups in total. The summed E-state index contributed by atoms with van der Waals surface area (Å²) in [5.74, 6) is 0.0614. The average molecular weight is 332 g/mol. The van der Waals surface area contributed by atoms with E-state index in [0.29, 0.717) is 22.7 Å². The maximum Gasteiger partial charge on any atom is 0.270 e. The summed E-state index contributed by atoms with van der Waals surface area (Å²) in [5.41, 5.74) is 1.73. The van der Waals surface area contributed by atoms with Gasteiger partial charge in [-0.2, -0.15) is 0 Å². The van der Waals surface area contributed by atoms with Gasteiger partial charge in [-0.3, -0.25) is 14.9 Å². The smallest absolute Gasteiger partial charge is 0.270 e. The fraction of sp³-hybridized carbons (Fsp3) is 0.0667. The van der Waals surface area contributed by atoms with Crippen LogP contribution >= 0.6 is 11.6 Å². The number of halogens is 1. The van der Waals surface area contributed by atoms with Gasteiger partial charge in [-0.15, -0.1) is 0 Å². The summed E-state index contributed by atoms with van der Waals surface area (Å²) in [6, 6.07) is 8.72. The van der Waals surface area contributed by atoms with Crippen molar-refractivity contribution in [3.8, 4) is 0 Å². The highest BCUT2D eigenvalue weighted by Gasteiger charge is 2.15. The molecule has 3 rings (SSSR count). The molecule has 0 aliphatic carbocycles. The van der Waals surface area contributed by atoms with E-state index in [-0.39, 0.29) is 16.3 Å². The van der Waals surface area contributed by atoms with Crippen LogP contribution in [-0.2, 0) is 0 Å². The number of rotatable bonds is 3. The highest BCUT2D eigenvalue weighted by molar-refractivity contribution is 6.34. The van der Waals surface area contributed by atoms with Crippen LogP contribution in [0.4, 0.5) is 11.4 Å². The molecule has 0 aliphatic heterocycles. The number of aromatic nitrogens is 1. The summed E-state index contributed by atoms with van der Waals surface area (Å²) in [7, 11) is 0. The van der Waals surface area contributed by atoms with Crippen LogP contribution in [0.2, 0.25) is 5.02 Å². The lowest BCUT2D eigenvalue weighted by Gasteiger charge is -2.06. The fourth-order valence-electron chi connectivity index (χ4n) is 2.12. The normalized spacial score (nSPS) is 10.7. The molecule has 3 aromatic rings. The first-order valence-electron chi connectivity index (χ1n) is 6.56. The van der Waals surface area contributed by atoms with Crippen molar-refractivity contribution in [2.75, 3.05) is 5.32 Å². The summed E-state index contributed by atoms with van der Waals surface area (Å²) in [5, 5.41) is 13.4. The first-order chi connectivity index (χ1) is 10.9. The third-order valence-electron chi connectivity index (χ3n) is 3.16. The van der Waals surface area contributed by atoms with Gasteiger partial charge in [0.05, 0.1) is 15.5 Å². The zero-order valence-corrected chi connectivity index (χ0v) is 12.6. The number of carbonyl (C=O) groups excluding carboxylic acids is 1. The summed E-state index contributed by atoms with van der Waals surface area (Å²) in [6.07, 6.45) is 0. The molecule has 8 heteroatoms. The predicted molar refractivity (Wildman–Crippen MR) is 84.8 cm³/mol. The molecular weight excluding hydrogens is 322 g/mol. The summed E-state index contributed by atoms with van der Waals surface area (Å²) in [6.45, 7) is 1.73. The van der Waals surface area contributed by atoms with Gasteiger partial charge >= 0.3 is 0 Å². The van der Waals surface area contributed by atoms with Gasteiger partial charge < -0.3 is 9.73 Å². The van der Waals surface area contributed by atoms with Gasteiger partial charge in [-0.05, 0) is 24.3 Å². The molecule has 7 nitrogen and oxygen atoms in total. The largest absolute Gasteiger partial charge is 0.441 e. The van der Waals surface area contributed by atoms with Crippen molar-refractivity contribution in [3.05, 3.63) is 63.0 Å². The van der Waals surface area contributed by atoms with Crippen LogP contribution < -0.4 is 5.32 Å². The number of oxazole rings is 1. The van der Waals surface area contributed by atoms with E-state index in [9.17, 15) is 14.9 Å². The van der Waals surface area contributed by atoms with Crippen LogP contribution in [0.1, 0.15) is 16.2 Å². The van der Waals surface area contributed by atoms with Crippen molar-refractivity contribution in [3.63, 3.8) is 0 Å². The van der Waals surface area contributed by atoms with Crippen molar-refractivity contribution in [2.45, 2.75) is 6.92 Å². The number of hydrogen-bond acceptors (Lipinski definition) is 5. The number of amides is 1. The number of fused-ring (bicyclic) bond motifs is 1. The molecule has 0 bridgehead atoms. The monoisotopic (exact) mass is 331 g/mol. The molecule has 1 aromatic heterocycles.